The molecule has 1 unspecified atom stereocenters. The van der Waals surface area contributed by atoms with E-state index in [1.54, 1.807) is 38.1 Å². The van der Waals surface area contributed by atoms with Crippen LogP contribution in [-0.2, 0) is 15.0 Å². The van der Waals surface area contributed by atoms with Gasteiger partial charge < -0.3 is 10.4 Å². The quantitative estimate of drug-likeness (QED) is 0.881. The minimum Gasteiger partial charge on any atom is -0.480 e. The number of carboxylic acid groups (broad SMARTS) is 1. The maximum Gasteiger partial charge on any atom is 0.325 e. The molecule has 0 saturated carbocycles. The summed E-state index contributed by atoms with van der Waals surface area (Å²) in [6, 6.07) is 6.09. The van der Waals surface area contributed by atoms with Crippen LogP contribution >= 0.6 is 11.6 Å². The first-order valence-corrected chi connectivity index (χ1v) is 5.93. The molecular formula is C13H16ClNO3. The zero-order valence-electron chi connectivity index (χ0n) is 10.5. The average Bonchev–Trinajstić information content (AvgIpc) is 2.28. The maximum atomic E-state index is 12.1. The third-order valence-corrected chi connectivity index (χ3v) is 3.16. The Morgan fingerprint density at radius 3 is 2.39 bits per heavy atom. The van der Waals surface area contributed by atoms with E-state index in [0.717, 1.165) is 0 Å². The lowest BCUT2D eigenvalue weighted by Crippen LogP contribution is -2.47. The number of aliphatic carboxylic acids is 1. The summed E-state index contributed by atoms with van der Waals surface area (Å²) in [6.45, 7) is 4.83. The summed E-state index contributed by atoms with van der Waals surface area (Å²) in [5, 5.41) is 11.7. The summed E-state index contributed by atoms with van der Waals surface area (Å²) in [5.41, 5.74) is -0.219. The van der Waals surface area contributed by atoms with Crippen molar-refractivity contribution in [3.8, 4) is 0 Å². The Hall–Kier alpha value is -1.55. The first kappa shape index (κ1) is 14.5. The third-order valence-electron chi connectivity index (χ3n) is 2.83. The van der Waals surface area contributed by atoms with Gasteiger partial charge in [-0.15, -0.1) is 0 Å². The van der Waals surface area contributed by atoms with Gasteiger partial charge in [0.05, 0.1) is 5.41 Å². The molecule has 1 atom stereocenters. The SMILES string of the molecule is CC(NC(=O)C(C)(C)c1ccccc1Cl)C(=O)O. The van der Waals surface area contributed by atoms with Gasteiger partial charge in [0.15, 0.2) is 0 Å². The number of nitrogens with one attached hydrogen (secondary N) is 1. The lowest BCUT2D eigenvalue weighted by atomic mass is 9.83. The molecule has 1 aromatic carbocycles. The molecule has 0 aliphatic carbocycles. The lowest BCUT2D eigenvalue weighted by Gasteiger charge is -2.26. The molecule has 5 heteroatoms. The highest BCUT2D eigenvalue weighted by atomic mass is 35.5. The van der Waals surface area contributed by atoms with E-state index in [1.807, 2.05) is 0 Å². The van der Waals surface area contributed by atoms with Crippen LogP contribution in [0.25, 0.3) is 0 Å². The Labute approximate surface area is 111 Å². The van der Waals surface area contributed by atoms with Crippen LogP contribution in [0, 0.1) is 0 Å². The fraction of sp³-hybridized carbons (Fsp3) is 0.385. The minimum absolute atomic E-state index is 0.370. The number of halogens is 1. The molecule has 1 aromatic rings. The van der Waals surface area contributed by atoms with Gasteiger partial charge in [-0.25, -0.2) is 0 Å². The van der Waals surface area contributed by atoms with Gasteiger partial charge in [0.2, 0.25) is 5.91 Å². The highest BCUT2D eigenvalue weighted by Gasteiger charge is 2.33. The van der Waals surface area contributed by atoms with E-state index in [-0.39, 0.29) is 5.91 Å². The molecule has 98 valence electrons. The van der Waals surface area contributed by atoms with E-state index < -0.39 is 17.4 Å². The smallest absolute Gasteiger partial charge is 0.325 e. The van der Waals surface area contributed by atoms with E-state index in [4.69, 9.17) is 16.7 Å². The Bertz CT molecular complexity index is 471. The number of benzene rings is 1. The molecule has 0 bridgehead atoms. The molecule has 0 spiro atoms. The first-order valence-electron chi connectivity index (χ1n) is 5.55. The molecule has 2 N–H and O–H groups in total. The third kappa shape index (κ3) is 3.01. The van der Waals surface area contributed by atoms with Gasteiger partial charge in [0.25, 0.3) is 0 Å². The van der Waals surface area contributed by atoms with E-state index in [1.165, 1.54) is 6.92 Å². The molecule has 0 heterocycles. The monoisotopic (exact) mass is 269 g/mol. The Morgan fingerprint density at radius 2 is 1.89 bits per heavy atom. The summed E-state index contributed by atoms with van der Waals surface area (Å²) >= 11 is 6.06. The predicted molar refractivity (Wildman–Crippen MR) is 69.7 cm³/mol. The second-order valence-corrected chi connectivity index (χ2v) is 5.05. The Morgan fingerprint density at radius 1 is 1.33 bits per heavy atom. The average molecular weight is 270 g/mol. The van der Waals surface area contributed by atoms with E-state index in [0.29, 0.717) is 10.6 Å². The number of amides is 1. The number of carbonyl (C=O) groups is 2. The van der Waals surface area contributed by atoms with Gasteiger partial charge in [-0.05, 0) is 32.4 Å². The van der Waals surface area contributed by atoms with E-state index >= 15 is 0 Å². The molecule has 1 amide bonds. The van der Waals surface area contributed by atoms with Crippen molar-refractivity contribution in [3.63, 3.8) is 0 Å². The number of rotatable bonds is 4. The molecule has 0 aliphatic heterocycles. The summed E-state index contributed by atoms with van der Waals surface area (Å²) in [4.78, 5) is 22.8. The largest absolute Gasteiger partial charge is 0.480 e. The van der Waals surface area contributed by atoms with Crippen molar-refractivity contribution in [1.82, 2.24) is 5.32 Å². The Kier molecular flexibility index (Phi) is 4.35. The van der Waals surface area contributed by atoms with Crippen LogP contribution in [0.5, 0.6) is 0 Å². The summed E-state index contributed by atoms with van der Waals surface area (Å²) in [6.07, 6.45) is 0. The molecule has 0 aromatic heterocycles. The van der Waals surface area contributed by atoms with Crippen molar-refractivity contribution in [1.29, 1.82) is 0 Å². The highest BCUT2D eigenvalue weighted by molar-refractivity contribution is 6.31. The summed E-state index contributed by atoms with van der Waals surface area (Å²) in [5.74, 6) is -1.44. The molecule has 0 radical (unpaired) electrons. The van der Waals surface area contributed by atoms with E-state index in [9.17, 15) is 9.59 Å². The van der Waals surface area contributed by atoms with Crippen LogP contribution < -0.4 is 5.32 Å². The minimum atomic E-state index is -1.07. The molecule has 1 rings (SSSR count). The maximum absolute atomic E-state index is 12.1. The van der Waals surface area contributed by atoms with Crippen molar-refractivity contribution >= 4 is 23.5 Å². The standard InChI is InChI=1S/C13H16ClNO3/c1-8(11(16)17)15-12(18)13(2,3)9-6-4-5-7-10(9)14/h4-8H,1-3H3,(H,15,18)(H,16,17). The van der Waals surface area contributed by atoms with Gasteiger partial charge in [0.1, 0.15) is 6.04 Å². The van der Waals surface area contributed by atoms with Crippen molar-refractivity contribution in [2.24, 2.45) is 0 Å². The van der Waals surface area contributed by atoms with Crippen LogP contribution in [0.4, 0.5) is 0 Å². The second-order valence-electron chi connectivity index (χ2n) is 4.64. The highest BCUT2D eigenvalue weighted by Crippen LogP contribution is 2.29. The normalized spacial score (nSPS) is 12.9. The fourth-order valence-corrected chi connectivity index (χ4v) is 1.90. The number of hydrogen-bond donors (Lipinski definition) is 2. The zero-order chi connectivity index (χ0) is 13.9. The number of carboxylic acids is 1. The number of hydrogen-bond acceptors (Lipinski definition) is 2. The second kappa shape index (κ2) is 5.40. The van der Waals surface area contributed by atoms with Gasteiger partial charge in [0, 0.05) is 5.02 Å². The van der Waals surface area contributed by atoms with Crippen LogP contribution in [0.1, 0.15) is 26.3 Å². The van der Waals surface area contributed by atoms with Crippen LogP contribution in [-0.4, -0.2) is 23.0 Å². The summed E-state index contributed by atoms with van der Waals surface area (Å²) < 4.78 is 0. The topological polar surface area (TPSA) is 66.4 Å². The Balaban J connectivity index is 2.97. The molecule has 0 fully saturated rings. The predicted octanol–water partition coefficient (Wildman–Crippen LogP) is 2.21. The molecule has 0 saturated heterocycles. The number of carbonyl (C=O) groups excluding carboxylic acids is 1. The van der Waals surface area contributed by atoms with Crippen molar-refractivity contribution in [2.45, 2.75) is 32.2 Å². The molecular weight excluding hydrogens is 254 g/mol. The first-order chi connectivity index (χ1) is 8.26. The van der Waals surface area contributed by atoms with Crippen LogP contribution in [0.2, 0.25) is 5.02 Å². The van der Waals surface area contributed by atoms with E-state index in [2.05, 4.69) is 5.32 Å². The molecule has 18 heavy (non-hydrogen) atoms. The fourth-order valence-electron chi connectivity index (χ4n) is 1.53. The van der Waals surface area contributed by atoms with Gasteiger partial charge in [-0.2, -0.15) is 0 Å². The van der Waals surface area contributed by atoms with Crippen LogP contribution in [0.15, 0.2) is 24.3 Å². The van der Waals surface area contributed by atoms with Crippen LogP contribution in [0.3, 0.4) is 0 Å². The van der Waals surface area contributed by atoms with Crippen molar-refractivity contribution in [3.05, 3.63) is 34.9 Å². The molecule has 4 nitrogen and oxygen atoms in total. The lowest BCUT2D eigenvalue weighted by molar-refractivity contribution is -0.142. The van der Waals surface area contributed by atoms with Gasteiger partial charge in [-0.3, -0.25) is 9.59 Å². The summed E-state index contributed by atoms with van der Waals surface area (Å²) in [7, 11) is 0. The molecule has 0 aliphatic rings. The van der Waals surface area contributed by atoms with Crippen molar-refractivity contribution < 1.29 is 14.7 Å². The zero-order valence-corrected chi connectivity index (χ0v) is 11.3. The van der Waals surface area contributed by atoms with Crippen molar-refractivity contribution in [2.75, 3.05) is 0 Å². The van der Waals surface area contributed by atoms with Gasteiger partial charge >= 0.3 is 5.97 Å². The van der Waals surface area contributed by atoms with Gasteiger partial charge in [-0.1, -0.05) is 29.8 Å².